The molecule has 0 unspecified atom stereocenters. The van der Waals surface area contributed by atoms with Gasteiger partial charge in [0, 0.05) is 17.8 Å². The molecule has 0 radical (unpaired) electrons. The number of aromatic nitrogens is 3. The van der Waals surface area contributed by atoms with Gasteiger partial charge in [0.05, 0.1) is 29.1 Å². The zero-order valence-electron chi connectivity index (χ0n) is 9.65. The van der Waals surface area contributed by atoms with E-state index in [2.05, 4.69) is 15.4 Å². The molecule has 0 saturated carbocycles. The van der Waals surface area contributed by atoms with Crippen LogP contribution in [0, 0.1) is 0 Å². The zero-order chi connectivity index (χ0) is 12.2. The number of hydrogen-bond donors (Lipinski definition) is 1. The minimum absolute atomic E-state index is 0.724. The Bertz CT molecular complexity index is 602. The van der Waals surface area contributed by atoms with E-state index in [1.165, 1.54) is 0 Å². The molecule has 4 nitrogen and oxygen atoms in total. The molecule has 3 rings (SSSR count). The zero-order valence-corrected chi connectivity index (χ0v) is 10.5. The summed E-state index contributed by atoms with van der Waals surface area (Å²) in [6.45, 7) is 0.724. The maximum absolute atomic E-state index is 4.26. The van der Waals surface area contributed by atoms with Crippen molar-refractivity contribution in [2.24, 2.45) is 0 Å². The summed E-state index contributed by atoms with van der Waals surface area (Å²) in [5.41, 5.74) is 4.98. The van der Waals surface area contributed by atoms with E-state index < -0.39 is 0 Å². The van der Waals surface area contributed by atoms with E-state index in [4.69, 9.17) is 0 Å². The Morgan fingerprint density at radius 3 is 2.94 bits per heavy atom. The molecule has 0 fully saturated rings. The van der Waals surface area contributed by atoms with Gasteiger partial charge in [-0.2, -0.15) is 5.10 Å². The number of anilines is 1. The van der Waals surface area contributed by atoms with E-state index in [0.717, 1.165) is 23.6 Å². The van der Waals surface area contributed by atoms with Crippen molar-refractivity contribution in [1.29, 1.82) is 0 Å². The molecule has 0 spiro atoms. The Kier molecular flexibility index (Phi) is 3.06. The van der Waals surface area contributed by atoms with Crippen LogP contribution < -0.4 is 5.32 Å². The third kappa shape index (κ3) is 2.26. The van der Waals surface area contributed by atoms with Crippen LogP contribution in [0.3, 0.4) is 0 Å². The predicted molar refractivity (Wildman–Crippen MR) is 73.0 cm³/mol. The van der Waals surface area contributed by atoms with E-state index in [0.29, 0.717) is 0 Å². The molecule has 5 heteroatoms. The molecule has 1 N–H and O–H groups in total. The van der Waals surface area contributed by atoms with Crippen molar-refractivity contribution in [2.45, 2.75) is 6.54 Å². The number of hydrogen-bond acceptors (Lipinski definition) is 4. The molecular weight excluding hydrogens is 244 g/mol. The van der Waals surface area contributed by atoms with Crippen LogP contribution in [0.4, 0.5) is 5.69 Å². The Morgan fingerprint density at radius 2 is 2.17 bits per heavy atom. The van der Waals surface area contributed by atoms with Gasteiger partial charge >= 0.3 is 0 Å². The smallest absolute Gasteiger partial charge is 0.0876 e. The van der Waals surface area contributed by atoms with Gasteiger partial charge in [0.1, 0.15) is 0 Å². The lowest BCUT2D eigenvalue weighted by atomic mass is 10.2. The van der Waals surface area contributed by atoms with Crippen LogP contribution in [-0.4, -0.2) is 14.8 Å². The maximum Gasteiger partial charge on any atom is 0.0876 e. The Balaban J connectivity index is 1.84. The third-order valence-electron chi connectivity index (χ3n) is 2.60. The molecule has 0 saturated heterocycles. The number of rotatable bonds is 4. The fourth-order valence-corrected chi connectivity index (χ4v) is 2.30. The normalized spacial score (nSPS) is 10.4. The second-order valence-electron chi connectivity index (χ2n) is 3.80. The fourth-order valence-electron chi connectivity index (χ4n) is 1.74. The highest BCUT2D eigenvalue weighted by molar-refractivity contribution is 7.07. The van der Waals surface area contributed by atoms with Crippen molar-refractivity contribution in [1.82, 2.24) is 14.8 Å². The molecule has 90 valence electrons. The van der Waals surface area contributed by atoms with Crippen molar-refractivity contribution >= 4 is 17.0 Å². The van der Waals surface area contributed by atoms with Crippen LogP contribution in [0.1, 0.15) is 5.69 Å². The van der Waals surface area contributed by atoms with Crippen LogP contribution in [-0.2, 0) is 6.54 Å². The van der Waals surface area contributed by atoms with Gasteiger partial charge in [0.2, 0.25) is 0 Å². The number of para-hydroxylation sites is 2. The second-order valence-corrected chi connectivity index (χ2v) is 4.52. The average molecular weight is 256 g/mol. The van der Waals surface area contributed by atoms with Crippen molar-refractivity contribution in [2.75, 3.05) is 5.32 Å². The summed E-state index contributed by atoms with van der Waals surface area (Å²) >= 11 is 1.61. The Morgan fingerprint density at radius 1 is 1.22 bits per heavy atom. The molecule has 0 bridgehead atoms. The standard InChI is InChI=1S/C13H12N4S/c1-2-5-13(17-7-3-6-16-17)12(4-1)14-8-11-9-18-10-15-11/h1-7,9-10,14H,8H2. The van der Waals surface area contributed by atoms with Gasteiger partial charge in [-0.1, -0.05) is 12.1 Å². The van der Waals surface area contributed by atoms with Crippen LogP contribution in [0.15, 0.2) is 53.6 Å². The van der Waals surface area contributed by atoms with Gasteiger partial charge in [-0.15, -0.1) is 11.3 Å². The SMILES string of the molecule is c1ccc(-n2cccn2)c(NCc2cscn2)c1. The summed E-state index contributed by atoms with van der Waals surface area (Å²) in [7, 11) is 0. The summed E-state index contributed by atoms with van der Waals surface area (Å²) in [6.07, 6.45) is 3.71. The van der Waals surface area contributed by atoms with Gasteiger partial charge in [0.25, 0.3) is 0 Å². The van der Waals surface area contributed by atoms with E-state index in [1.54, 1.807) is 17.5 Å². The molecule has 1 aromatic carbocycles. The van der Waals surface area contributed by atoms with E-state index in [-0.39, 0.29) is 0 Å². The average Bonchev–Trinajstić information content (AvgIpc) is 3.10. The number of nitrogens with zero attached hydrogens (tertiary/aromatic N) is 3. The van der Waals surface area contributed by atoms with Gasteiger partial charge in [-0.25, -0.2) is 9.67 Å². The molecule has 2 heterocycles. The molecule has 2 aromatic heterocycles. The van der Waals surface area contributed by atoms with Gasteiger partial charge < -0.3 is 5.32 Å². The van der Waals surface area contributed by atoms with Crippen LogP contribution in [0.25, 0.3) is 5.69 Å². The molecule has 0 amide bonds. The van der Waals surface area contributed by atoms with Crippen LogP contribution >= 0.6 is 11.3 Å². The first-order chi connectivity index (χ1) is 8.93. The molecule has 0 aliphatic carbocycles. The maximum atomic E-state index is 4.26. The van der Waals surface area contributed by atoms with E-state index in [9.17, 15) is 0 Å². The summed E-state index contributed by atoms with van der Waals surface area (Å²) in [5, 5.41) is 9.69. The molecule has 0 aliphatic rings. The Hall–Kier alpha value is -2.14. The lowest BCUT2D eigenvalue weighted by molar-refractivity contribution is 0.878. The molecule has 0 atom stereocenters. The van der Waals surface area contributed by atoms with Crippen molar-refractivity contribution in [3.05, 3.63) is 59.3 Å². The monoisotopic (exact) mass is 256 g/mol. The first-order valence-electron chi connectivity index (χ1n) is 5.63. The van der Waals surface area contributed by atoms with Gasteiger partial charge in [-0.3, -0.25) is 0 Å². The molecule has 3 aromatic rings. The highest BCUT2D eigenvalue weighted by Gasteiger charge is 2.04. The second kappa shape index (κ2) is 5.01. The first kappa shape index (κ1) is 11.0. The highest BCUT2D eigenvalue weighted by Crippen LogP contribution is 2.19. The summed E-state index contributed by atoms with van der Waals surface area (Å²) in [5.74, 6) is 0. The summed E-state index contributed by atoms with van der Waals surface area (Å²) in [6, 6.07) is 10.0. The first-order valence-corrected chi connectivity index (χ1v) is 6.58. The lowest BCUT2D eigenvalue weighted by Crippen LogP contribution is -2.04. The van der Waals surface area contributed by atoms with E-state index in [1.807, 2.05) is 52.1 Å². The van der Waals surface area contributed by atoms with Crippen LogP contribution in [0.2, 0.25) is 0 Å². The minimum Gasteiger partial charge on any atom is -0.378 e. The number of thiazole rings is 1. The molecule has 18 heavy (non-hydrogen) atoms. The molecular formula is C13H12N4S. The summed E-state index contributed by atoms with van der Waals surface area (Å²) < 4.78 is 1.85. The minimum atomic E-state index is 0.724. The van der Waals surface area contributed by atoms with Crippen molar-refractivity contribution in [3.63, 3.8) is 0 Å². The predicted octanol–water partition coefficient (Wildman–Crippen LogP) is 2.94. The quantitative estimate of drug-likeness (QED) is 0.780. The largest absolute Gasteiger partial charge is 0.378 e. The lowest BCUT2D eigenvalue weighted by Gasteiger charge is -2.10. The molecule has 0 aliphatic heterocycles. The number of benzene rings is 1. The van der Waals surface area contributed by atoms with Crippen LogP contribution in [0.5, 0.6) is 0 Å². The Labute approximate surface area is 109 Å². The summed E-state index contributed by atoms with van der Waals surface area (Å²) in [4.78, 5) is 4.26. The van der Waals surface area contributed by atoms with Gasteiger partial charge in [-0.05, 0) is 18.2 Å². The number of nitrogens with one attached hydrogen (secondary N) is 1. The van der Waals surface area contributed by atoms with Gasteiger partial charge in [0.15, 0.2) is 0 Å². The highest BCUT2D eigenvalue weighted by atomic mass is 32.1. The van der Waals surface area contributed by atoms with Crippen molar-refractivity contribution < 1.29 is 0 Å². The third-order valence-corrected chi connectivity index (χ3v) is 3.23. The van der Waals surface area contributed by atoms with Crippen molar-refractivity contribution in [3.8, 4) is 5.69 Å². The topological polar surface area (TPSA) is 42.7 Å². The van der Waals surface area contributed by atoms with E-state index >= 15 is 0 Å². The fraction of sp³-hybridized carbons (Fsp3) is 0.0769.